The van der Waals surface area contributed by atoms with Gasteiger partial charge in [0, 0.05) is 30.8 Å². The summed E-state index contributed by atoms with van der Waals surface area (Å²) in [5.41, 5.74) is 4.58. The van der Waals surface area contributed by atoms with Crippen LogP contribution in [0.3, 0.4) is 0 Å². The van der Waals surface area contributed by atoms with Crippen molar-refractivity contribution in [2.24, 2.45) is 0 Å². The number of fused-ring (bicyclic) bond motifs is 1. The fourth-order valence-electron chi connectivity index (χ4n) is 4.32. The number of aryl methyl sites for hydroxylation is 2. The minimum atomic E-state index is -0.313. The molecule has 7 heteroatoms. The van der Waals surface area contributed by atoms with E-state index in [2.05, 4.69) is 25.8 Å². The van der Waals surface area contributed by atoms with Crippen molar-refractivity contribution in [1.29, 1.82) is 0 Å². The van der Waals surface area contributed by atoms with E-state index in [1.165, 1.54) is 6.07 Å². The number of halogens is 1. The lowest BCUT2D eigenvalue weighted by Crippen LogP contribution is -2.22. The van der Waals surface area contributed by atoms with Crippen LogP contribution in [0.2, 0.25) is 0 Å². The first-order valence-corrected chi connectivity index (χ1v) is 11.3. The Morgan fingerprint density at radius 2 is 2.03 bits per heavy atom. The predicted molar refractivity (Wildman–Crippen MR) is 128 cm³/mol. The topological polar surface area (TPSA) is 82.7 Å². The molecule has 4 aromatic rings. The van der Waals surface area contributed by atoms with Crippen LogP contribution in [0.1, 0.15) is 34.3 Å². The number of rotatable bonds is 7. The van der Waals surface area contributed by atoms with E-state index in [0.717, 1.165) is 47.4 Å². The summed E-state index contributed by atoms with van der Waals surface area (Å²) in [6.45, 7) is 3.84. The molecule has 33 heavy (non-hydrogen) atoms. The number of nitrogens with zero attached hydrogens (tertiary/aromatic N) is 2. The fourth-order valence-corrected chi connectivity index (χ4v) is 4.32. The first-order valence-electron chi connectivity index (χ1n) is 11.3. The van der Waals surface area contributed by atoms with Gasteiger partial charge in [-0.25, -0.2) is 9.37 Å². The van der Waals surface area contributed by atoms with Crippen LogP contribution in [0, 0.1) is 12.7 Å². The van der Waals surface area contributed by atoms with Gasteiger partial charge in [-0.05, 0) is 55.1 Å². The molecule has 0 bridgehead atoms. The first-order chi connectivity index (χ1) is 16.1. The van der Waals surface area contributed by atoms with Gasteiger partial charge in [0.2, 0.25) is 0 Å². The Morgan fingerprint density at radius 3 is 2.79 bits per heavy atom. The quantitative estimate of drug-likeness (QED) is 0.362. The molecule has 0 radical (unpaired) electrons. The normalized spacial score (nSPS) is 15.8. The van der Waals surface area contributed by atoms with E-state index in [-0.39, 0.29) is 18.0 Å². The Labute approximate surface area is 191 Å². The van der Waals surface area contributed by atoms with Crippen molar-refractivity contribution in [3.63, 3.8) is 0 Å². The van der Waals surface area contributed by atoms with E-state index in [4.69, 9.17) is 0 Å². The van der Waals surface area contributed by atoms with Gasteiger partial charge >= 0.3 is 0 Å². The molecule has 0 spiro atoms. The Morgan fingerprint density at radius 1 is 1.18 bits per heavy atom. The molecule has 1 saturated heterocycles. The SMILES string of the molecule is Cc1ccc(C(=O)CCc2ccc(-c3ccnc4[nH]nc(N[C@@H]5CCNC5)c34)cc2F)cc1. The van der Waals surface area contributed by atoms with Crippen LogP contribution < -0.4 is 10.6 Å². The van der Waals surface area contributed by atoms with Gasteiger partial charge in [-0.3, -0.25) is 9.89 Å². The van der Waals surface area contributed by atoms with Gasteiger partial charge in [0.25, 0.3) is 0 Å². The van der Waals surface area contributed by atoms with E-state index in [9.17, 15) is 4.79 Å². The fraction of sp³-hybridized carbons (Fsp3) is 0.269. The maximum Gasteiger partial charge on any atom is 0.163 e. The molecule has 6 nitrogen and oxygen atoms in total. The Hall–Kier alpha value is -3.58. The second kappa shape index (κ2) is 9.11. The molecule has 1 aliphatic rings. The minimum absolute atomic E-state index is 0.0184. The third-order valence-corrected chi connectivity index (χ3v) is 6.22. The van der Waals surface area contributed by atoms with Gasteiger partial charge in [-0.15, -0.1) is 0 Å². The molecule has 2 aromatic carbocycles. The van der Waals surface area contributed by atoms with E-state index in [0.29, 0.717) is 29.2 Å². The molecule has 0 amide bonds. The Kier molecular flexibility index (Phi) is 5.88. The molecule has 1 atom stereocenters. The standard InChI is InChI=1S/C26H26FN5O/c1-16-2-4-18(5-3-16)23(33)9-8-17-6-7-19(14-22(17)27)21-11-13-29-25-24(21)26(32-31-25)30-20-10-12-28-15-20/h2-7,11,13-14,20,28H,8-10,12,15H2,1H3,(H2,29,30,31,32)/t20-/m1/s1. The number of carbonyl (C=O) groups excluding carboxylic acids is 1. The Balaban J connectivity index is 1.37. The summed E-state index contributed by atoms with van der Waals surface area (Å²) in [5.74, 6) is 0.437. The lowest BCUT2D eigenvalue weighted by atomic mass is 9.98. The lowest BCUT2D eigenvalue weighted by Gasteiger charge is -2.12. The van der Waals surface area contributed by atoms with E-state index in [1.807, 2.05) is 43.3 Å². The highest BCUT2D eigenvalue weighted by Crippen LogP contribution is 2.33. The number of benzene rings is 2. The molecule has 3 heterocycles. The summed E-state index contributed by atoms with van der Waals surface area (Å²) in [5, 5.41) is 15.0. The molecule has 5 rings (SSSR count). The van der Waals surface area contributed by atoms with E-state index in [1.54, 1.807) is 12.3 Å². The lowest BCUT2D eigenvalue weighted by molar-refractivity contribution is 0.0982. The van der Waals surface area contributed by atoms with Gasteiger partial charge in [0.05, 0.1) is 5.39 Å². The van der Waals surface area contributed by atoms with Crippen LogP contribution in [0.4, 0.5) is 10.2 Å². The van der Waals surface area contributed by atoms with E-state index >= 15 is 4.39 Å². The third-order valence-electron chi connectivity index (χ3n) is 6.22. The van der Waals surface area contributed by atoms with Gasteiger partial charge < -0.3 is 10.6 Å². The molecule has 1 aliphatic heterocycles. The number of Topliss-reactive ketones (excluding diaryl/α,β-unsaturated/α-hetero) is 1. The highest BCUT2D eigenvalue weighted by molar-refractivity contribution is 6.00. The molecule has 1 fully saturated rings. The highest BCUT2D eigenvalue weighted by Gasteiger charge is 2.19. The number of pyridine rings is 1. The van der Waals surface area contributed by atoms with Crippen LogP contribution in [0.15, 0.2) is 54.7 Å². The second-order valence-electron chi connectivity index (χ2n) is 8.58. The number of nitrogens with one attached hydrogen (secondary N) is 3. The minimum Gasteiger partial charge on any atom is -0.364 e. The van der Waals surface area contributed by atoms with Crippen LogP contribution in [-0.4, -0.2) is 40.1 Å². The molecule has 0 aliphatic carbocycles. The molecule has 3 N–H and O–H groups in total. The summed E-state index contributed by atoms with van der Waals surface area (Å²) in [6, 6.07) is 14.9. The molecule has 2 aromatic heterocycles. The van der Waals surface area contributed by atoms with Crippen LogP contribution in [-0.2, 0) is 6.42 Å². The van der Waals surface area contributed by atoms with Crippen molar-refractivity contribution >= 4 is 22.6 Å². The van der Waals surface area contributed by atoms with E-state index < -0.39 is 0 Å². The van der Waals surface area contributed by atoms with Gasteiger partial charge in [0.15, 0.2) is 17.2 Å². The number of anilines is 1. The van der Waals surface area contributed by atoms with Crippen molar-refractivity contribution in [2.45, 2.75) is 32.2 Å². The van der Waals surface area contributed by atoms with Crippen LogP contribution in [0.25, 0.3) is 22.2 Å². The van der Waals surface area contributed by atoms with Crippen LogP contribution >= 0.6 is 0 Å². The number of carbonyl (C=O) groups is 1. The predicted octanol–water partition coefficient (Wildman–Crippen LogP) is 4.66. The first kappa shape index (κ1) is 21.3. The largest absolute Gasteiger partial charge is 0.364 e. The number of hydrogen-bond donors (Lipinski definition) is 3. The summed E-state index contributed by atoms with van der Waals surface area (Å²) < 4.78 is 15.0. The van der Waals surface area contributed by atoms with Crippen molar-refractivity contribution in [3.8, 4) is 11.1 Å². The Bertz CT molecular complexity index is 1290. The highest BCUT2D eigenvalue weighted by atomic mass is 19.1. The van der Waals surface area contributed by atoms with Crippen molar-refractivity contribution < 1.29 is 9.18 Å². The summed E-state index contributed by atoms with van der Waals surface area (Å²) in [4.78, 5) is 16.9. The van der Waals surface area contributed by atoms with Crippen LogP contribution in [0.5, 0.6) is 0 Å². The van der Waals surface area contributed by atoms with Gasteiger partial charge in [-0.2, -0.15) is 5.10 Å². The zero-order valence-corrected chi connectivity index (χ0v) is 18.5. The third kappa shape index (κ3) is 4.50. The molecular formula is C26H26FN5O. The zero-order chi connectivity index (χ0) is 22.8. The maximum absolute atomic E-state index is 15.0. The number of aromatic amines is 1. The summed E-state index contributed by atoms with van der Waals surface area (Å²) >= 11 is 0. The smallest absolute Gasteiger partial charge is 0.163 e. The van der Waals surface area contributed by atoms with Crippen molar-refractivity contribution in [3.05, 3.63) is 77.2 Å². The van der Waals surface area contributed by atoms with Crippen molar-refractivity contribution in [2.75, 3.05) is 18.4 Å². The number of aromatic nitrogens is 3. The number of H-pyrrole nitrogens is 1. The van der Waals surface area contributed by atoms with Gasteiger partial charge in [0.1, 0.15) is 5.82 Å². The average molecular weight is 444 g/mol. The van der Waals surface area contributed by atoms with Gasteiger partial charge in [-0.1, -0.05) is 42.0 Å². The summed E-state index contributed by atoms with van der Waals surface area (Å²) in [7, 11) is 0. The summed E-state index contributed by atoms with van der Waals surface area (Å²) in [6.07, 6.45) is 3.35. The average Bonchev–Trinajstić information content (AvgIpc) is 3.49. The second-order valence-corrected chi connectivity index (χ2v) is 8.58. The maximum atomic E-state index is 15.0. The molecule has 0 unspecified atom stereocenters. The zero-order valence-electron chi connectivity index (χ0n) is 18.5. The monoisotopic (exact) mass is 443 g/mol. The van der Waals surface area contributed by atoms with Crippen molar-refractivity contribution in [1.82, 2.24) is 20.5 Å². The molecule has 168 valence electrons. The number of ketones is 1. The number of hydrogen-bond acceptors (Lipinski definition) is 5. The molecule has 0 saturated carbocycles. The molecular weight excluding hydrogens is 417 g/mol.